The van der Waals surface area contributed by atoms with E-state index in [0.717, 1.165) is 15.9 Å². The molecule has 0 saturated carbocycles. The highest BCUT2D eigenvalue weighted by Crippen LogP contribution is 2.21. The molecule has 0 spiro atoms. The minimum Gasteiger partial charge on any atom is -0.494 e. The highest BCUT2D eigenvalue weighted by atomic mass is 79.9. The van der Waals surface area contributed by atoms with Gasteiger partial charge in [0.15, 0.2) is 5.78 Å². The molecule has 0 unspecified atom stereocenters. The predicted octanol–water partition coefficient (Wildman–Crippen LogP) is 4.66. The molecule has 0 aliphatic carbocycles. The standard InChI is InChI=1S/C17H16BrNO2/c1-2-21-14-9-7-13(8-10-14)17(20)11-12-19-16-6-4-3-5-15(16)18/h3-12,19H,2H2,1H3. The van der Waals surface area contributed by atoms with Gasteiger partial charge in [-0.15, -0.1) is 0 Å². The molecule has 2 aromatic carbocycles. The van der Waals surface area contributed by atoms with Crippen LogP contribution in [0.5, 0.6) is 5.75 Å². The third kappa shape index (κ3) is 4.46. The Labute approximate surface area is 132 Å². The number of halogens is 1. The molecule has 0 bridgehead atoms. The van der Waals surface area contributed by atoms with Crippen LogP contribution in [0.25, 0.3) is 0 Å². The maximum atomic E-state index is 12.0. The lowest BCUT2D eigenvalue weighted by molar-refractivity contribution is 0.104. The molecule has 2 rings (SSSR count). The molecule has 0 aromatic heterocycles. The van der Waals surface area contributed by atoms with Gasteiger partial charge in [0.05, 0.1) is 12.3 Å². The zero-order valence-corrected chi connectivity index (χ0v) is 13.3. The van der Waals surface area contributed by atoms with Gasteiger partial charge < -0.3 is 10.1 Å². The second kappa shape index (κ2) is 7.64. The van der Waals surface area contributed by atoms with Crippen LogP contribution in [0.2, 0.25) is 0 Å². The van der Waals surface area contributed by atoms with Crippen LogP contribution in [0.1, 0.15) is 17.3 Å². The minimum atomic E-state index is -0.0578. The minimum absolute atomic E-state index is 0.0578. The summed E-state index contributed by atoms with van der Waals surface area (Å²) in [4.78, 5) is 12.0. The van der Waals surface area contributed by atoms with Crippen molar-refractivity contribution in [1.29, 1.82) is 0 Å². The molecule has 0 radical (unpaired) electrons. The van der Waals surface area contributed by atoms with Crippen molar-refractivity contribution in [3.63, 3.8) is 0 Å². The summed E-state index contributed by atoms with van der Waals surface area (Å²) in [5.74, 6) is 0.710. The van der Waals surface area contributed by atoms with E-state index in [0.29, 0.717) is 12.2 Å². The predicted molar refractivity (Wildman–Crippen MR) is 88.8 cm³/mol. The summed E-state index contributed by atoms with van der Waals surface area (Å²) < 4.78 is 6.29. The largest absolute Gasteiger partial charge is 0.494 e. The second-order valence-electron chi connectivity index (χ2n) is 4.28. The lowest BCUT2D eigenvalue weighted by Crippen LogP contribution is -1.97. The fourth-order valence-electron chi connectivity index (χ4n) is 1.76. The number of carbonyl (C=O) groups excluding carboxylic acids is 1. The van der Waals surface area contributed by atoms with E-state index in [-0.39, 0.29) is 5.78 Å². The average molecular weight is 346 g/mol. The molecule has 0 saturated heterocycles. The number of allylic oxidation sites excluding steroid dienone is 1. The molecule has 0 heterocycles. The van der Waals surface area contributed by atoms with E-state index in [9.17, 15) is 4.79 Å². The Balaban J connectivity index is 1.97. The molecule has 0 amide bonds. The summed E-state index contributed by atoms with van der Waals surface area (Å²) in [6.45, 7) is 2.54. The van der Waals surface area contributed by atoms with E-state index < -0.39 is 0 Å². The normalized spacial score (nSPS) is 10.6. The number of benzene rings is 2. The summed E-state index contributed by atoms with van der Waals surface area (Å²) >= 11 is 3.44. The van der Waals surface area contributed by atoms with Crippen molar-refractivity contribution < 1.29 is 9.53 Å². The van der Waals surface area contributed by atoms with Crippen molar-refractivity contribution in [2.75, 3.05) is 11.9 Å². The maximum Gasteiger partial charge on any atom is 0.187 e. The fourth-order valence-corrected chi connectivity index (χ4v) is 2.16. The van der Waals surface area contributed by atoms with Crippen LogP contribution in [-0.2, 0) is 0 Å². The molecular weight excluding hydrogens is 330 g/mol. The maximum absolute atomic E-state index is 12.0. The van der Waals surface area contributed by atoms with Gasteiger partial charge in [0.25, 0.3) is 0 Å². The molecule has 0 aliphatic rings. The summed E-state index contributed by atoms with van der Waals surface area (Å²) in [5, 5.41) is 3.07. The van der Waals surface area contributed by atoms with Gasteiger partial charge in [-0.05, 0) is 59.3 Å². The molecule has 1 N–H and O–H groups in total. The monoisotopic (exact) mass is 345 g/mol. The van der Waals surface area contributed by atoms with Crippen molar-refractivity contribution in [3.8, 4) is 5.75 Å². The number of nitrogens with one attached hydrogen (secondary N) is 1. The van der Waals surface area contributed by atoms with Crippen molar-refractivity contribution in [1.82, 2.24) is 0 Å². The summed E-state index contributed by atoms with van der Waals surface area (Å²) in [7, 11) is 0. The van der Waals surface area contributed by atoms with E-state index in [1.54, 1.807) is 30.5 Å². The highest BCUT2D eigenvalue weighted by molar-refractivity contribution is 9.10. The van der Waals surface area contributed by atoms with Crippen LogP contribution in [0, 0.1) is 0 Å². The van der Waals surface area contributed by atoms with Gasteiger partial charge in [-0.2, -0.15) is 0 Å². The molecule has 0 fully saturated rings. The van der Waals surface area contributed by atoms with E-state index in [4.69, 9.17) is 4.74 Å². The molecule has 3 nitrogen and oxygen atoms in total. The summed E-state index contributed by atoms with van der Waals surface area (Å²) in [6, 6.07) is 14.8. The van der Waals surface area contributed by atoms with Crippen molar-refractivity contribution in [2.45, 2.75) is 6.92 Å². The molecule has 21 heavy (non-hydrogen) atoms. The Morgan fingerprint density at radius 3 is 2.57 bits per heavy atom. The third-order valence-electron chi connectivity index (χ3n) is 2.80. The highest BCUT2D eigenvalue weighted by Gasteiger charge is 2.02. The molecule has 0 aliphatic heterocycles. The van der Waals surface area contributed by atoms with Crippen LogP contribution >= 0.6 is 15.9 Å². The lowest BCUT2D eigenvalue weighted by Gasteiger charge is -2.04. The van der Waals surface area contributed by atoms with Crippen LogP contribution in [0.15, 0.2) is 65.3 Å². The van der Waals surface area contributed by atoms with Gasteiger partial charge in [-0.3, -0.25) is 4.79 Å². The van der Waals surface area contributed by atoms with Gasteiger partial charge in [0.1, 0.15) is 5.75 Å². The lowest BCUT2D eigenvalue weighted by atomic mass is 10.1. The smallest absolute Gasteiger partial charge is 0.187 e. The van der Waals surface area contributed by atoms with Gasteiger partial charge >= 0.3 is 0 Å². The van der Waals surface area contributed by atoms with E-state index >= 15 is 0 Å². The molecule has 108 valence electrons. The van der Waals surface area contributed by atoms with Crippen molar-refractivity contribution in [2.24, 2.45) is 0 Å². The number of para-hydroxylation sites is 1. The Kier molecular flexibility index (Phi) is 5.58. The first kappa shape index (κ1) is 15.3. The van der Waals surface area contributed by atoms with E-state index in [1.165, 1.54) is 6.08 Å². The summed E-state index contributed by atoms with van der Waals surface area (Å²) in [5.41, 5.74) is 1.54. The molecule has 4 heteroatoms. The zero-order valence-electron chi connectivity index (χ0n) is 11.7. The van der Waals surface area contributed by atoms with Crippen molar-refractivity contribution >= 4 is 27.4 Å². The Morgan fingerprint density at radius 2 is 1.90 bits per heavy atom. The van der Waals surface area contributed by atoms with Gasteiger partial charge in [-0.1, -0.05) is 12.1 Å². The number of rotatable bonds is 6. The van der Waals surface area contributed by atoms with Gasteiger partial charge in [0.2, 0.25) is 0 Å². The molecular formula is C17H16BrNO2. The van der Waals surface area contributed by atoms with Crippen LogP contribution in [0.4, 0.5) is 5.69 Å². The second-order valence-corrected chi connectivity index (χ2v) is 5.13. The van der Waals surface area contributed by atoms with E-state index in [1.807, 2.05) is 31.2 Å². The van der Waals surface area contributed by atoms with E-state index in [2.05, 4.69) is 21.2 Å². The van der Waals surface area contributed by atoms with Crippen molar-refractivity contribution in [3.05, 3.63) is 70.8 Å². The van der Waals surface area contributed by atoms with Gasteiger partial charge in [-0.25, -0.2) is 0 Å². The summed E-state index contributed by atoms with van der Waals surface area (Å²) in [6.07, 6.45) is 3.15. The number of carbonyl (C=O) groups is 1. The first-order valence-corrected chi connectivity index (χ1v) is 7.45. The van der Waals surface area contributed by atoms with Crippen LogP contribution in [0.3, 0.4) is 0 Å². The molecule has 2 aromatic rings. The first-order chi connectivity index (χ1) is 10.2. The topological polar surface area (TPSA) is 38.3 Å². The Bertz CT molecular complexity index is 635. The number of anilines is 1. The van der Waals surface area contributed by atoms with Crippen LogP contribution in [-0.4, -0.2) is 12.4 Å². The SMILES string of the molecule is CCOc1ccc(C(=O)C=CNc2ccccc2Br)cc1. The first-order valence-electron chi connectivity index (χ1n) is 6.65. The number of ether oxygens (including phenoxy) is 1. The third-order valence-corrected chi connectivity index (χ3v) is 3.49. The Hall–Kier alpha value is -2.07. The quantitative estimate of drug-likeness (QED) is 0.611. The zero-order chi connectivity index (χ0) is 15.1. The average Bonchev–Trinajstić information content (AvgIpc) is 2.50. The van der Waals surface area contributed by atoms with Crippen LogP contribution < -0.4 is 10.1 Å². The molecule has 0 atom stereocenters. The number of hydrogen-bond acceptors (Lipinski definition) is 3. The number of hydrogen-bond donors (Lipinski definition) is 1. The Morgan fingerprint density at radius 1 is 1.19 bits per heavy atom. The fraction of sp³-hybridized carbons (Fsp3) is 0.118. The van der Waals surface area contributed by atoms with Gasteiger partial charge in [0, 0.05) is 22.3 Å². The number of ketones is 1.